The number of aromatic nitrogens is 1. The third-order valence-electron chi connectivity index (χ3n) is 3.04. The summed E-state index contributed by atoms with van der Waals surface area (Å²) in [6.07, 6.45) is 0.840. The Labute approximate surface area is 98.0 Å². The average Bonchev–Trinajstić information content (AvgIpc) is 2.76. The van der Waals surface area contributed by atoms with E-state index in [1.807, 2.05) is 13.8 Å². The van der Waals surface area contributed by atoms with Crippen LogP contribution in [0.2, 0.25) is 0 Å². The van der Waals surface area contributed by atoms with Gasteiger partial charge in [-0.3, -0.25) is 4.79 Å². The number of hydrogen-bond acceptors (Lipinski definition) is 5. The van der Waals surface area contributed by atoms with Crippen LogP contribution in [0.25, 0.3) is 0 Å². The SMILES string of the molecule is CC1OCCC1(C)NC(=O)c1csc(N)n1. The Balaban J connectivity index is 2.07. The van der Waals surface area contributed by atoms with Gasteiger partial charge in [-0.2, -0.15) is 0 Å². The van der Waals surface area contributed by atoms with Crippen LogP contribution in [0.5, 0.6) is 0 Å². The summed E-state index contributed by atoms with van der Waals surface area (Å²) in [6.45, 7) is 4.62. The fourth-order valence-electron chi connectivity index (χ4n) is 1.71. The Morgan fingerprint density at radius 3 is 3.06 bits per heavy atom. The molecule has 16 heavy (non-hydrogen) atoms. The number of anilines is 1. The maximum atomic E-state index is 11.9. The van der Waals surface area contributed by atoms with Crippen molar-refractivity contribution in [1.29, 1.82) is 0 Å². The van der Waals surface area contributed by atoms with Gasteiger partial charge in [0, 0.05) is 12.0 Å². The summed E-state index contributed by atoms with van der Waals surface area (Å²) in [5, 5.41) is 5.03. The molecule has 1 amide bonds. The number of carbonyl (C=O) groups is 1. The van der Waals surface area contributed by atoms with Gasteiger partial charge < -0.3 is 15.8 Å². The molecule has 1 aliphatic heterocycles. The van der Waals surface area contributed by atoms with Crippen molar-refractivity contribution in [1.82, 2.24) is 10.3 Å². The van der Waals surface area contributed by atoms with Crippen LogP contribution in [0.4, 0.5) is 5.13 Å². The van der Waals surface area contributed by atoms with Gasteiger partial charge in [0.25, 0.3) is 5.91 Å². The Kier molecular flexibility index (Phi) is 2.86. The van der Waals surface area contributed by atoms with Crippen LogP contribution >= 0.6 is 11.3 Å². The first-order valence-electron chi connectivity index (χ1n) is 5.16. The average molecular weight is 241 g/mol. The van der Waals surface area contributed by atoms with Crippen LogP contribution in [0.3, 0.4) is 0 Å². The van der Waals surface area contributed by atoms with Gasteiger partial charge in [0.1, 0.15) is 5.69 Å². The minimum Gasteiger partial charge on any atom is -0.376 e. The van der Waals surface area contributed by atoms with E-state index in [0.29, 0.717) is 17.4 Å². The normalized spacial score (nSPS) is 29.2. The van der Waals surface area contributed by atoms with Crippen molar-refractivity contribution >= 4 is 22.4 Å². The maximum absolute atomic E-state index is 11.9. The van der Waals surface area contributed by atoms with E-state index in [-0.39, 0.29) is 17.6 Å². The van der Waals surface area contributed by atoms with Crippen LogP contribution in [0.15, 0.2) is 5.38 Å². The quantitative estimate of drug-likeness (QED) is 0.810. The Morgan fingerprint density at radius 2 is 2.56 bits per heavy atom. The third-order valence-corrected chi connectivity index (χ3v) is 3.71. The molecule has 0 spiro atoms. The predicted octanol–water partition coefficient (Wildman–Crippen LogP) is 1.02. The minimum absolute atomic E-state index is 0.0208. The summed E-state index contributed by atoms with van der Waals surface area (Å²) in [4.78, 5) is 15.8. The van der Waals surface area contributed by atoms with Crippen LogP contribution in [-0.4, -0.2) is 29.1 Å². The van der Waals surface area contributed by atoms with Crippen molar-refractivity contribution in [3.63, 3.8) is 0 Å². The lowest BCUT2D eigenvalue weighted by Crippen LogP contribution is -2.50. The number of ether oxygens (including phenoxy) is 1. The molecule has 0 saturated carbocycles. The molecular formula is C10H15N3O2S. The molecule has 1 aromatic heterocycles. The molecule has 2 unspecified atom stereocenters. The van der Waals surface area contributed by atoms with Gasteiger partial charge in [-0.1, -0.05) is 0 Å². The molecule has 2 rings (SSSR count). The third kappa shape index (κ3) is 2.03. The molecule has 1 saturated heterocycles. The first-order chi connectivity index (χ1) is 7.51. The van der Waals surface area contributed by atoms with E-state index >= 15 is 0 Å². The number of thiazole rings is 1. The Morgan fingerprint density at radius 1 is 1.81 bits per heavy atom. The molecule has 3 N–H and O–H groups in total. The highest BCUT2D eigenvalue weighted by molar-refractivity contribution is 7.13. The molecular weight excluding hydrogens is 226 g/mol. The van der Waals surface area contributed by atoms with Crippen LogP contribution in [0.1, 0.15) is 30.8 Å². The van der Waals surface area contributed by atoms with Crippen molar-refractivity contribution < 1.29 is 9.53 Å². The molecule has 0 radical (unpaired) electrons. The number of carbonyl (C=O) groups excluding carboxylic acids is 1. The summed E-state index contributed by atoms with van der Waals surface area (Å²) >= 11 is 1.26. The number of nitrogens with zero attached hydrogens (tertiary/aromatic N) is 1. The highest BCUT2D eigenvalue weighted by atomic mass is 32.1. The topological polar surface area (TPSA) is 77.2 Å². The van der Waals surface area contributed by atoms with Gasteiger partial charge in [-0.05, 0) is 20.3 Å². The second-order valence-corrected chi connectivity index (χ2v) is 5.10. The lowest BCUT2D eigenvalue weighted by atomic mass is 9.94. The van der Waals surface area contributed by atoms with Gasteiger partial charge in [0.2, 0.25) is 0 Å². The van der Waals surface area contributed by atoms with E-state index in [0.717, 1.165) is 6.42 Å². The van der Waals surface area contributed by atoms with Gasteiger partial charge in [0.05, 0.1) is 11.6 Å². The fraction of sp³-hybridized carbons (Fsp3) is 0.600. The predicted molar refractivity (Wildman–Crippen MR) is 62.4 cm³/mol. The summed E-state index contributed by atoms with van der Waals surface area (Å²) in [7, 11) is 0. The number of nitrogen functional groups attached to an aromatic ring is 1. The highest BCUT2D eigenvalue weighted by Gasteiger charge is 2.38. The standard InChI is InChI=1S/C10H15N3O2S/c1-6-10(2,3-4-15-6)13-8(14)7-5-16-9(11)12-7/h5-6H,3-4H2,1-2H3,(H2,11,12)(H,13,14). The van der Waals surface area contributed by atoms with Crippen LogP contribution < -0.4 is 11.1 Å². The summed E-state index contributed by atoms with van der Waals surface area (Å²) in [5.74, 6) is -0.187. The molecule has 6 heteroatoms. The smallest absolute Gasteiger partial charge is 0.271 e. The Bertz CT molecular complexity index is 407. The number of nitrogens with one attached hydrogen (secondary N) is 1. The molecule has 0 aromatic carbocycles. The van der Waals surface area contributed by atoms with Crippen LogP contribution in [0, 0.1) is 0 Å². The van der Waals surface area contributed by atoms with E-state index in [2.05, 4.69) is 10.3 Å². The van der Waals surface area contributed by atoms with Gasteiger partial charge in [-0.25, -0.2) is 4.98 Å². The number of amides is 1. The lowest BCUT2D eigenvalue weighted by Gasteiger charge is -2.28. The molecule has 1 fully saturated rings. The van der Waals surface area contributed by atoms with Crippen molar-refractivity contribution in [2.24, 2.45) is 0 Å². The molecule has 0 bridgehead atoms. The monoisotopic (exact) mass is 241 g/mol. The highest BCUT2D eigenvalue weighted by Crippen LogP contribution is 2.25. The first kappa shape index (κ1) is 11.3. The van der Waals surface area contributed by atoms with Gasteiger partial charge in [-0.15, -0.1) is 11.3 Å². The largest absolute Gasteiger partial charge is 0.376 e. The molecule has 1 aromatic rings. The van der Waals surface area contributed by atoms with Crippen molar-refractivity contribution in [2.75, 3.05) is 12.3 Å². The zero-order valence-corrected chi connectivity index (χ0v) is 10.1. The van der Waals surface area contributed by atoms with E-state index in [1.54, 1.807) is 5.38 Å². The summed E-state index contributed by atoms with van der Waals surface area (Å²) in [5.41, 5.74) is 5.56. The number of nitrogens with two attached hydrogens (primary N) is 1. The minimum atomic E-state index is -0.310. The summed E-state index contributed by atoms with van der Waals surface area (Å²) in [6, 6.07) is 0. The second-order valence-electron chi connectivity index (χ2n) is 4.21. The Hall–Kier alpha value is -1.14. The van der Waals surface area contributed by atoms with Crippen LogP contribution in [-0.2, 0) is 4.74 Å². The van der Waals surface area contributed by atoms with E-state index in [9.17, 15) is 4.79 Å². The molecule has 2 heterocycles. The molecule has 1 aliphatic rings. The lowest BCUT2D eigenvalue weighted by molar-refractivity contribution is 0.0724. The zero-order valence-electron chi connectivity index (χ0n) is 9.32. The fourth-order valence-corrected chi connectivity index (χ4v) is 2.26. The van der Waals surface area contributed by atoms with E-state index in [4.69, 9.17) is 10.5 Å². The van der Waals surface area contributed by atoms with E-state index in [1.165, 1.54) is 11.3 Å². The maximum Gasteiger partial charge on any atom is 0.271 e. The summed E-state index contributed by atoms with van der Waals surface area (Å²) < 4.78 is 5.45. The number of hydrogen-bond donors (Lipinski definition) is 2. The van der Waals surface area contributed by atoms with Crippen molar-refractivity contribution in [3.05, 3.63) is 11.1 Å². The zero-order chi connectivity index (χ0) is 11.8. The molecule has 0 aliphatic carbocycles. The first-order valence-corrected chi connectivity index (χ1v) is 6.04. The molecule has 88 valence electrons. The van der Waals surface area contributed by atoms with Crippen molar-refractivity contribution in [3.8, 4) is 0 Å². The second kappa shape index (κ2) is 4.03. The van der Waals surface area contributed by atoms with Crippen molar-refractivity contribution in [2.45, 2.75) is 31.9 Å². The molecule has 2 atom stereocenters. The van der Waals surface area contributed by atoms with Gasteiger partial charge in [0.15, 0.2) is 5.13 Å². The number of rotatable bonds is 2. The van der Waals surface area contributed by atoms with Gasteiger partial charge >= 0.3 is 0 Å². The molecule has 5 nitrogen and oxygen atoms in total. The van der Waals surface area contributed by atoms with E-state index < -0.39 is 0 Å².